The maximum absolute atomic E-state index is 12.6. The fourth-order valence-corrected chi connectivity index (χ4v) is 1.98. The van der Waals surface area contributed by atoms with Crippen LogP contribution in [-0.4, -0.2) is 20.5 Å². The molecule has 6 nitrogen and oxygen atoms in total. The molecule has 3 N–H and O–H groups in total. The zero-order chi connectivity index (χ0) is 12.5. The molecular weight excluding hydrogens is 246 g/mol. The third-order valence-corrected chi connectivity index (χ3v) is 2.75. The van der Waals surface area contributed by atoms with Gasteiger partial charge in [-0.2, -0.15) is 0 Å². The Morgan fingerprint density at radius 2 is 2.06 bits per heavy atom. The van der Waals surface area contributed by atoms with Gasteiger partial charge >= 0.3 is 0 Å². The summed E-state index contributed by atoms with van der Waals surface area (Å²) in [7, 11) is -3.48. The number of rotatable bonds is 3. The van der Waals surface area contributed by atoms with E-state index in [-0.39, 0.29) is 0 Å². The molecule has 0 bridgehead atoms. The summed E-state index contributed by atoms with van der Waals surface area (Å²) in [6.45, 7) is 0. The Kier molecular flexibility index (Phi) is 3.29. The van der Waals surface area contributed by atoms with Crippen LogP contribution in [0.15, 0.2) is 15.9 Å². The van der Waals surface area contributed by atoms with Crippen LogP contribution in [0.3, 0.4) is 0 Å². The van der Waals surface area contributed by atoms with E-state index in [1.807, 2.05) is 4.98 Å². The number of primary sulfonamides is 1. The maximum Gasteiger partial charge on any atom is 0.268 e. The molecule has 90 valence electrons. The minimum absolute atomic E-state index is 0.446. The Balaban J connectivity index is 3.76. The van der Waals surface area contributed by atoms with Crippen molar-refractivity contribution in [1.82, 2.24) is 4.98 Å². The van der Waals surface area contributed by atoms with E-state index in [2.05, 4.69) is 9.88 Å². The second-order valence-electron chi connectivity index (χ2n) is 2.77. The lowest BCUT2D eigenvalue weighted by atomic mass is 10.2. The minimum atomic E-state index is -4.55. The van der Waals surface area contributed by atoms with E-state index < -0.39 is 38.2 Å². The molecular formula is C7H8F2N2O4S. The molecule has 1 heterocycles. The molecule has 0 atom stereocenters. The van der Waals surface area contributed by atoms with Gasteiger partial charge in [-0.1, -0.05) is 0 Å². The summed E-state index contributed by atoms with van der Waals surface area (Å²) in [5.74, 6) is -0.446. The van der Waals surface area contributed by atoms with Crippen molar-refractivity contribution < 1.29 is 21.9 Å². The van der Waals surface area contributed by atoms with Crippen LogP contribution >= 0.6 is 0 Å². The van der Waals surface area contributed by atoms with Crippen molar-refractivity contribution in [2.75, 3.05) is 7.11 Å². The van der Waals surface area contributed by atoms with E-state index in [9.17, 15) is 22.0 Å². The summed E-state index contributed by atoms with van der Waals surface area (Å²) < 4.78 is 51.8. The standard InChI is InChI=1S/C7H8F2N2O4S/c1-15-3-2-11-7(12)5(16(10,13)14)4(3)6(8)9/h2,6H,1H3,(H,11,12)(H2,10,13,14). The number of hydrogen-bond donors (Lipinski definition) is 2. The Bertz CT molecular complexity index is 552. The van der Waals surface area contributed by atoms with Crippen LogP contribution in [0, 0.1) is 0 Å². The van der Waals surface area contributed by atoms with Gasteiger partial charge in [0.15, 0.2) is 4.90 Å². The largest absolute Gasteiger partial charge is 0.495 e. The fourth-order valence-electron chi connectivity index (χ4n) is 1.17. The summed E-state index contributed by atoms with van der Waals surface area (Å²) in [5, 5.41) is 4.68. The third kappa shape index (κ3) is 2.19. The molecule has 16 heavy (non-hydrogen) atoms. The molecule has 0 spiro atoms. The zero-order valence-electron chi connectivity index (χ0n) is 8.03. The second kappa shape index (κ2) is 4.18. The number of H-pyrrole nitrogens is 1. The summed E-state index contributed by atoms with van der Waals surface area (Å²) in [5.41, 5.74) is -2.24. The molecule has 1 rings (SSSR count). The van der Waals surface area contributed by atoms with E-state index in [0.29, 0.717) is 0 Å². The average molecular weight is 254 g/mol. The predicted octanol–water partition coefficient (Wildman–Crippen LogP) is -0.0315. The van der Waals surface area contributed by atoms with E-state index >= 15 is 0 Å². The summed E-state index contributed by atoms with van der Waals surface area (Å²) in [6, 6.07) is 0. The molecule has 1 aromatic rings. The lowest BCUT2D eigenvalue weighted by Crippen LogP contribution is -2.26. The number of methoxy groups -OCH3 is 1. The normalized spacial score (nSPS) is 11.8. The third-order valence-electron chi connectivity index (χ3n) is 1.77. The number of aromatic nitrogens is 1. The van der Waals surface area contributed by atoms with Crippen molar-refractivity contribution in [1.29, 1.82) is 0 Å². The van der Waals surface area contributed by atoms with Crippen LogP contribution < -0.4 is 15.4 Å². The molecule has 1 aromatic heterocycles. The Hall–Kier alpha value is -1.48. The lowest BCUT2D eigenvalue weighted by Gasteiger charge is -2.10. The van der Waals surface area contributed by atoms with Gasteiger partial charge < -0.3 is 9.72 Å². The second-order valence-corrected chi connectivity index (χ2v) is 4.27. The van der Waals surface area contributed by atoms with E-state index in [0.717, 1.165) is 13.3 Å². The number of sulfonamides is 1. The lowest BCUT2D eigenvalue weighted by molar-refractivity contribution is 0.143. The van der Waals surface area contributed by atoms with Crippen LogP contribution in [-0.2, 0) is 10.0 Å². The highest BCUT2D eigenvalue weighted by Crippen LogP contribution is 2.31. The van der Waals surface area contributed by atoms with Crippen LogP contribution in [0.2, 0.25) is 0 Å². The first-order chi connectivity index (χ1) is 7.29. The smallest absolute Gasteiger partial charge is 0.268 e. The fraction of sp³-hybridized carbons (Fsp3) is 0.286. The molecule has 9 heteroatoms. The number of nitrogens with two attached hydrogens (primary N) is 1. The number of nitrogens with one attached hydrogen (secondary N) is 1. The Morgan fingerprint density at radius 3 is 2.44 bits per heavy atom. The molecule has 0 saturated heterocycles. The number of aromatic amines is 1. The van der Waals surface area contributed by atoms with Crippen molar-refractivity contribution in [3.05, 3.63) is 22.1 Å². The van der Waals surface area contributed by atoms with E-state index in [1.54, 1.807) is 0 Å². The average Bonchev–Trinajstić information content (AvgIpc) is 2.15. The van der Waals surface area contributed by atoms with Crippen LogP contribution in [0.4, 0.5) is 8.78 Å². The van der Waals surface area contributed by atoms with Gasteiger partial charge in [0.1, 0.15) is 5.75 Å². The Labute approximate surface area is 89.1 Å². The number of ether oxygens (including phenoxy) is 1. The molecule has 0 aliphatic rings. The number of halogens is 2. The number of pyridine rings is 1. The first-order valence-electron chi connectivity index (χ1n) is 3.89. The molecule has 0 amide bonds. The highest BCUT2D eigenvalue weighted by Gasteiger charge is 2.28. The quantitative estimate of drug-likeness (QED) is 0.790. The maximum atomic E-state index is 12.6. The van der Waals surface area contributed by atoms with Gasteiger partial charge in [-0.05, 0) is 0 Å². The highest BCUT2D eigenvalue weighted by atomic mass is 32.2. The van der Waals surface area contributed by atoms with E-state index in [1.165, 1.54) is 0 Å². The Morgan fingerprint density at radius 1 is 1.50 bits per heavy atom. The van der Waals surface area contributed by atoms with Gasteiger partial charge in [-0.25, -0.2) is 22.3 Å². The summed E-state index contributed by atoms with van der Waals surface area (Å²) in [4.78, 5) is 11.9. The highest BCUT2D eigenvalue weighted by molar-refractivity contribution is 7.89. The van der Waals surface area contributed by atoms with Gasteiger partial charge in [-0.3, -0.25) is 4.79 Å². The number of hydrogen-bond acceptors (Lipinski definition) is 4. The van der Waals surface area contributed by atoms with Crippen molar-refractivity contribution in [2.45, 2.75) is 11.3 Å². The van der Waals surface area contributed by atoms with E-state index in [4.69, 9.17) is 0 Å². The molecule has 0 aliphatic carbocycles. The topological polar surface area (TPSA) is 102 Å². The zero-order valence-corrected chi connectivity index (χ0v) is 8.85. The summed E-state index contributed by atoms with van der Waals surface area (Å²) >= 11 is 0. The van der Waals surface area contributed by atoms with Gasteiger partial charge in [0.2, 0.25) is 10.0 Å². The van der Waals surface area contributed by atoms with Crippen LogP contribution in [0.25, 0.3) is 0 Å². The molecule has 0 aliphatic heterocycles. The first kappa shape index (κ1) is 12.6. The van der Waals surface area contributed by atoms with Crippen molar-refractivity contribution in [2.24, 2.45) is 5.14 Å². The van der Waals surface area contributed by atoms with Crippen molar-refractivity contribution >= 4 is 10.0 Å². The molecule has 0 aromatic carbocycles. The van der Waals surface area contributed by atoms with Crippen molar-refractivity contribution in [3.63, 3.8) is 0 Å². The first-order valence-corrected chi connectivity index (χ1v) is 5.44. The SMILES string of the molecule is COc1c[nH]c(=O)c(S(N)(=O)=O)c1C(F)F. The van der Waals surface area contributed by atoms with Crippen molar-refractivity contribution in [3.8, 4) is 5.75 Å². The minimum Gasteiger partial charge on any atom is -0.495 e. The van der Waals surface area contributed by atoms with Gasteiger partial charge in [0.25, 0.3) is 12.0 Å². The molecule has 0 unspecified atom stereocenters. The summed E-state index contributed by atoms with van der Waals surface area (Å²) in [6.07, 6.45) is -2.34. The predicted molar refractivity (Wildman–Crippen MR) is 49.9 cm³/mol. The van der Waals surface area contributed by atoms with Gasteiger partial charge in [-0.15, -0.1) is 0 Å². The monoisotopic (exact) mass is 254 g/mol. The molecule has 0 radical (unpaired) electrons. The molecule has 0 fully saturated rings. The number of alkyl halides is 2. The van der Waals surface area contributed by atoms with Crippen LogP contribution in [0.1, 0.15) is 12.0 Å². The molecule has 0 saturated carbocycles. The van der Waals surface area contributed by atoms with Crippen LogP contribution in [0.5, 0.6) is 5.75 Å². The van der Waals surface area contributed by atoms with Gasteiger partial charge in [0, 0.05) is 6.20 Å². The van der Waals surface area contributed by atoms with Gasteiger partial charge in [0.05, 0.1) is 12.7 Å².